The number of piperidine rings is 1. The Balaban J connectivity index is 2.02. The summed E-state index contributed by atoms with van der Waals surface area (Å²) in [5.41, 5.74) is 0. The molecule has 1 aliphatic heterocycles. The van der Waals surface area contributed by atoms with Gasteiger partial charge in [-0.3, -0.25) is 0 Å². The van der Waals surface area contributed by atoms with Crippen molar-refractivity contribution in [2.45, 2.75) is 32.4 Å². The molecule has 3 heteroatoms. The van der Waals surface area contributed by atoms with Crippen LogP contribution in [0.3, 0.4) is 0 Å². The van der Waals surface area contributed by atoms with Crippen LogP contribution in [0.2, 0.25) is 0 Å². The van der Waals surface area contributed by atoms with Crippen LogP contribution in [-0.4, -0.2) is 44.4 Å². The predicted molar refractivity (Wildman–Crippen MR) is 56.2 cm³/mol. The molecule has 0 aromatic carbocycles. The number of nitrogens with zero attached hydrogens (tertiary/aromatic N) is 1. The second-order valence-corrected chi connectivity index (χ2v) is 4.29. The van der Waals surface area contributed by atoms with Crippen LogP contribution in [0.1, 0.15) is 26.2 Å². The fourth-order valence-corrected chi connectivity index (χ4v) is 1.71. The Morgan fingerprint density at radius 3 is 2.64 bits per heavy atom. The second kappa shape index (κ2) is 6.36. The zero-order chi connectivity index (χ0) is 10.4. The van der Waals surface area contributed by atoms with Crippen LogP contribution in [0.5, 0.6) is 0 Å². The van der Waals surface area contributed by atoms with E-state index in [2.05, 4.69) is 11.9 Å². The van der Waals surface area contributed by atoms with E-state index in [4.69, 9.17) is 4.74 Å². The molecule has 1 atom stereocenters. The van der Waals surface area contributed by atoms with E-state index in [0.29, 0.717) is 12.3 Å². The van der Waals surface area contributed by atoms with Gasteiger partial charge in [0.2, 0.25) is 0 Å². The van der Waals surface area contributed by atoms with E-state index in [1.807, 2.05) is 6.92 Å². The number of likely N-dealkylation sites (tertiary alicyclic amines) is 1. The number of ether oxygens (including phenoxy) is 1. The van der Waals surface area contributed by atoms with Crippen LogP contribution in [0.15, 0.2) is 0 Å². The van der Waals surface area contributed by atoms with Crippen molar-refractivity contribution in [2.24, 2.45) is 5.92 Å². The smallest absolute Gasteiger partial charge is 0.123 e. The lowest BCUT2D eigenvalue weighted by Gasteiger charge is -2.28. The van der Waals surface area contributed by atoms with Gasteiger partial charge in [-0.2, -0.15) is 0 Å². The molecule has 1 fully saturated rings. The van der Waals surface area contributed by atoms with Crippen molar-refractivity contribution in [1.29, 1.82) is 0 Å². The zero-order valence-electron chi connectivity index (χ0n) is 9.34. The minimum absolute atomic E-state index is 0.281. The van der Waals surface area contributed by atoms with E-state index in [-0.39, 0.29) is 6.61 Å². The van der Waals surface area contributed by atoms with E-state index < -0.39 is 6.17 Å². The molecule has 0 radical (unpaired) electrons. The summed E-state index contributed by atoms with van der Waals surface area (Å²) in [6, 6.07) is 0. The standard InChI is InChI=1S/C11H22FNO/c1-3-11(12)9-14-8-10-4-6-13(2)7-5-10/h10-11H,3-9H2,1-2H3/t11-/m1/s1. The highest BCUT2D eigenvalue weighted by atomic mass is 19.1. The van der Waals surface area contributed by atoms with E-state index in [1.165, 1.54) is 12.8 Å². The summed E-state index contributed by atoms with van der Waals surface area (Å²) in [5.74, 6) is 0.648. The number of hydrogen-bond donors (Lipinski definition) is 0. The molecule has 0 spiro atoms. The van der Waals surface area contributed by atoms with Gasteiger partial charge in [0.05, 0.1) is 6.61 Å². The third kappa shape index (κ3) is 4.38. The summed E-state index contributed by atoms with van der Waals surface area (Å²) in [5, 5.41) is 0. The summed E-state index contributed by atoms with van der Waals surface area (Å²) in [6.45, 7) is 5.18. The van der Waals surface area contributed by atoms with Gasteiger partial charge in [-0.25, -0.2) is 4.39 Å². The lowest BCUT2D eigenvalue weighted by molar-refractivity contribution is 0.0395. The average Bonchev–Trinajstić information content (AvgIpc) is 2.21. The van der Waals surface area contributed by atoms with Crippen molar-refractivity contribution < 1.29 is 9.13 Å². The van der Waals surface area contributed by atoms with Crippen molar-refractivity contribution >= 4 is 0 Å². The van der Waals surface area contributed by atoms with Gasteiger partial charge in [0.15, 0.2) is 0 Å². The van der Waals surface area contributed by atoms with Crippen molar-refractivity contribution in [3.8, 4) is 0 Å². The molecule has 0 amide bonds. The van der Waals surface area contributed by atoms with Crippen LogP contribution >= 0.6 is 0 Å². The number of hydrogen-bond acceptors (Lipinski definition) is 2. The van der Waals surface area contributed by atoms with E-state index in [1.54, 1.807) is 0 Å². The molecule has 1 aliphatic rings. The van der Waals surface area contributed by atoms with Crippen molar-refractivity contribution in [2.75, 3.05) is 33.4 Å². The fourth-order valence-electron chi connectivity index (χ4n) is 1.71. The van der Waals surface area contributed by atoms with E-state index in [0.717, 1.165) is 19.7 Å². The molecule has 2 nitrogen and oxygen atoms in total. The topological polar surface area (TPSA) is 12.5 Å². The van der Waals surface area contributed by atoms with Gasteiger partial charge >= 0.3 is 0 Å². The Hall–Kier alpha value is -0.150. The molecule has 1 saturated heterocycles. The van der Waals surface area contributed by atoms with Gasteiger partial charge in [0, 0.05) is 6.61 Å². The molecule has 0 saturated carbocycles. The molecular formula is C11H22FNO. The Morgan fingerprint density at radius 2 is 2.07 bits per heavy atom. The van der Waals surface area contributed by atoms with Crippen molar-refractivity contribution in [3.63, 3.8) is 0 Å². The summed E-state index contributed by atoms with van der Waals surface area (Å²) in [7, 11) is 2.14. The van der Waals surface area contributed by atoms with Gasteiger partial charge in [-0.15, -0.1) is 0 Å². The number of rotatable bonds is 5. The molecular weight excluding hydrogens is 181 g/mol. The average molecular weight is 203 g/mol. The molecule has 0 unspecified atom stereocenters. The molecule has 0 bridgehead atoms. The molecule has 0 aromatic heterocycles. The maximum atomic E-state index is 12.8. The first-order valence-corrected chi connectivity index (χ1v) is 5.62. The van der Waals surface area contributed by atoms with Crippen LogP contribution in [0.25, 0.3) is 0 Å². The van der Waals surface area contributed by atoms with Crippen LogP contribution in [0, 0.1) is 5.92 Å². The predicted octanol–water partition coefficient (Wildman–Crippen LogP) is 2.09. The first-order valence-electron chi connectivity index (χ1n) is 5.62. The molecule has 1 rings (SSSR count). The number of halogens is 1. The van der Waals surface area contributed by atoms with Gasteiger partial charge in [-0.1, -0.05) is 6.92 Å². The normalized spacial score (nSPS) is 22.5. The largest absolute Gasteiger partial charge is 0.378 e. The Labute approximate surface area is 86.4 Å². The number of alkyl halides is 1. The molecule has 0 aliphatic carbocycles. The van der Waals surface area contributed by atoms with Crippen LogP contribution < -0.4 is 0 Å². The summed E-state index contributed by atoms with van der Waals surface area (Å²) in [4.78, 5) is 2.33. The van der Waals surface area contributed by atoms with Crippen molar-refractivity contribution in [1.82, 2.24) is 4.90 Å². The summed E-state index contributed by atoms with van der Waals surface area (Å²) < 4.78 is 18.2. The zero-order valence-corrected chi connectivity index (χ0v) is 9.34. The highest BCUT2D eigenvalue weighted by Gasteiger charge is 2.16. The maximum absolute atomic E-state index is 12.8. The monoisotopic (exact) mass is 203 g/mol. The van der Waals surface area contributed by atoms with Gasteiger partial charge in [0.1, 0.15) is 6.17 Å². The highest BCUT2D eigenvalue weighted by molar-refractivity contribution is 4.69. The van der Waals surface area contributed by atoms with Crippen molar-refractivity contribution in [3.05, 3.63) is 0 Å². The minimum Gasteiger partial charge on any atom is -0.378 e. The van der Waals surface area contributed by atoms with Gasteiger partial charge in [0.25, 0.3) is 0 Å². The fraction of sp³-hybridized carbons (Fsp3) is 1.00. The first-order chi connectivity index (χ1) is 6.72. The molecule has 1 heterocycles. The van der Waals surface area contributed by atoms with Crippen LogP contribution in [0.4, 0.5) is 4.39 Å². The Kier molecular flexibility index (Phi) is 5.41. The summed E-state index contributed by atoms with van der Waals surface area (Å²) in [6.07, 6.45) is 2.17. The molecule has 0 N–H and O–H groups in total. The first kappa shape index (κ1) is 11.9. The minimum atomic E-state index is -0.777. The maximum Gasteiger partial charge on any atom is 0.123 e. The Bertz CT molecular complexity index is 146. The van der Waals surface area contributed by atoms with E-state index >= 15 is 0 Å². The lowest BCUT2D eigenvalue weighted by atomic mass is 9.98. The lowest BCUT2D eigenvalue weighted by Crippen LogP contribution is -2.32. The van der Waals surface area contributed by atoms with Crippen LogP contribution in [-0.2, 0) is 4.74 Å². The summed E-state index contributed by atoms with van der Waals surface area (Å²) >= 11 is 0. The Morgan fingerprint density at radius 1 is 1.43 bits per heavy atom. The van der Waals surface area contributed by atoms with Gasteiger partial charge < -0.3 is 9.64 Å². The molecule has 14 heavy (non-hydrogen) atoms. The SMILES string of the molecule is CC[C@@H](F)COCC1CCN(C)CC1. The second-order valence-electron chi connectivity index (χ2n) is 4.29. The van der Waals surface area contributed by atoms with Gasteiger partial charge in [-0.05, 0) is 45.3 Å². The quantitative estimate of drug-likeness (QED) is 0.678. The molecule has 0 aromatic rings. The third-order valence-corrected chi connectivity index (χ3v) is 2.93. The third-order valence-electron chi connectivity index (χ3n) is 2.93. The molecule has 84 valence electrons. The van der Waals surface area contributed by atoms with E-state index in [9.17, 15) is 4.39 Å². The highest BCUT2D eigenvalue weighted by Crippen LogP contribution is 2.16.